The third kappa shape index (κ3) is 2.28. The molecule has 0 atom stereocenters. The molecule has 0 spiro atoms. The standard InChI is InChI=1S/C12H22O2/c1-11(2,9-10(13)14)12(3)7-5-4-6-8-12/h4-9H2,1-3H3,(H,13,14). The van der Waals surface area contributed by atoms with Gasteiger partial charge in [0.15, 0.2) is 0 Å². The lowest BCUT2D eigenvalue weighted by molar-refractivity contribution is -0.142. The Kier molecular flexibility index (Phi) is 3.23. The van der Waals surface area contributed by atoms with Crippen molar-refractivity contribution in [2.45, 2.75) is 59.3 Å². The minimum Gasteiger partial charge on any atom is -0.481 e. The molecule has 0 aromatic carbocycles. The first kappa shape index (κ1) is 11.5. The summed E-state index contributed by atoms with van der Waals surface area (Å²) in [5.74, 6) is -0.665. The molecule has 0 bridgehead atoms. The molecule has 1 N–H and O–H groups in total. The average Bonchev–Trinajstić information content (AvgIpc) is 2.02. The molecule has 82 valence electrons. The highest BCUT2D eigenvalue weighted by Crippen LogP contribution is 2.51. The van der Waals surface area contributed by atoms with Crippen LogP contribution >= 0.6 is 0 Å². The molecule has 0 heterocycles. The van der Waals surface area contributed by atoms with E-state index in [1.54, 1.807) is 0 Å². The van der Waals surface area contributed by atoms with E-state index in [1.165, 1.54) is 32.1 Å². The summed E-state index contributed by atoms with van der Waals surface area (Å²) in [6.45, 7) is 6.47. The Bertz CT molecular complexity index is 212. The Labute approximate surface area is 86.7 Å². The Morgan fingerprint density at radius 2 is 1.79 bits per heavy atom. The van der Waals surface area contributed by atoms with Gasteiger partial charge in [-0.2, -0.15) is 0 Å². The van der Waals surface area contributed by atoms with Gasteiger partial charge >= 0.3 is 5.97 Å². The lowest BCUT2D eigenvalue weighted by Crippen LogP contribution is -2.38. The van der Waals surface area contributed by atoms with Crippen molar-refractivity contribution in [2.24, 2.45) is 10.8 Å². The van der Waals surface area contributed by atoms with E-state index in [4.69, 9.17) is 5.11 Å². The van der Waals surface area contributed by atoms with Crippen LogP contribution in [0.1, 0.15) is 59.3 Å². The van der Waals surface area contributed by atoms with E-state index in [1.807, 2.05) is 0 Å². The topological polar surface area (TPSA) is 37.3 Å². The van der Waals surface area contributed by atoms with Gasteiger partial charge in [0.2, 0.25) is 0 Å². The second-order valence-electron chi connectivity index (χ2n) is 5.58. The van der Waals surface area contributed by atoms with Crippen LogP contribution in [0.2, 0.25) is 0 Å². The fourth-order valence-electron chi connectivity index (χ4n) is 2.60. The molecule has 0 saturated heterocycles. The van der Waals surface area contributed by atoms with E-state index in [9.17, 15) is 4.79 Å². The van der Waals surface area contributed by atoms with Crippen LogP contribution in [0.3, 0.4) is 0 Å². The molecule has 14 heavy (non-hydrogen) atoms. The van der Waals surface area contributed by atoms with E-state index in [2.05, 4.69) is 20.8 Å². The number of aliphatic carboxylic acids is 1. The lowest BCUT2D eigenvalue weighted by atomic mass is 9.58. The predicted octanol–water partition coefficient (Wildman–Crippen LogP) is 3.46. The quantitative estimate of drug-likeness (QED) is 0.754. The van der Waals surface area contributed by atoms with Gasteiger partial charge in [0.1, 0.15) is 0 Å². The maximum atomic E-state index is 10.8. The van der Waals surface area contributed by atoms with Gasteiger partial charge in [-0.05, 0) is 23.7 Å². The van der Waals surface area contributed by atoms with Gasteiger partial charge in [-0.1, -0.05) is 40.0 Å². The minimum absolute atomic E-state index is 0.0702. The van der Waals surface area contributed by atoms with Gasteiger partial charge in [-0.3, -0.25) is 4.79 Å². The monoisotopic (exact) mass is 198 g/mol. The largest absolute Gasteiger partial charge is 0.481 e. The van der Waals surface area contributed by atoms with Crippen LogP contribution in [0.15, 0.2) is 0 Å². The zero-order valence-electron chi connectivity index (χ0n) is 9.60. The lowest BCUT2D eigenvalue weighted by Gasteiger charge is -2.46. The van der Waals surface area contributed by atoms with Gasteiger partial charge in [0.05, 0.1) is 6.42 Å². The summed E-state index contributed by atoms with van der Waals surface area (Å²) in [5.41, 5.74) is 0.156. The van der Waals surface area contributed by atoms with Gasteiger partial charge in [0.25, 0.3) is 0 Å². The number of carboxylic acids is 1. The highest BCUT2D eigenvalue weighted by atomic mass is 16.4. The summed E-state index contributed by atoms with van der Waals surface area (Å²) in [6.07, 6.45) is 6.52. The molecule has 0 aliphatic heterocycles. The van der Waals surface area contributed by atoms with Crippen molar-refractivity contribution in [2.75, 3.05) is 0 Å². The Hall–Kier alpha value is -0.530. The van der Waals surface area contributed by atoms with Crippen LogP contribution in [0, 0.1) is 10.8 Å². The Morgan fingerprint density at radius 3 is 2.21 bits per heavy atom. The van der Waals surface area contributed by atoms with Crippen molar-refractivity contribution < 1.29 is 9.90 Å². The Balaban J connectivity index is 2.72. The fraction of sp³-hybridized carbons (Fsp3) is 0.917. The van der Waals surface area contributed by atoms with Crippen LogP contribution in [-0.4, -0.2) is 11.1 Å². The van der Waals surface area contributed by atoms with Gasteiger partial charge < -0.3 is 5.11 Å². The number of hydrogen-bond acceptors (Lipinski definition) is 1. The molecule has 0 unspecified atom stereocenters. The van der Waals surface area contributed by atoms with E-state index in [-0.39, 0.29) is 10.8 Å². The van der Waals surface area contributed by atoms with Gasteiger partial charge in [-0.15, -0.1) is 0 Å². The summed E-state index contributed by atoms with van der Waals surface area (Å²) in [7, 11) is 0. The number of carboxylic acid groups (broad SMARTS) is 1. The normalized spacial score (nSPS) is 21.9. The van der Waals surface area contributed by atoms with Crippen molar-refractivity contribution >= 4 is 5.97 Å². The van der Waals surface area contributed by atoms with Gasteiger partial charge in [-0.25, -0.2) is 0 Å². The van der Waals surface area contributed by atoms with Crippen LogP contribution in [0.4, 0.5) is 0 Å². The first-order valence-electron chi connectivity index (χ1n) is 5.59. The van der Waals surface area contributed by atoms with Crippen molar-refractivity contribution in [3.8, 4) is 0 Å². The molecule has 1 rings (SSSR count). The molecule has 1 saturated carbocycles. The van der Waals surface area contributed by atoms with Crippen LogP contribution in [0.25, 0.3) is 0 Å². The van der Waals surface area contributed by atoms with E-state index < -0.39 is 5.97 Å². The highest BCUT2D eigenvalue weighted by Gasteiger charge is 2.42. The second kappa shape index (κ2) is 3.92. The molecule has 1 fully saturated rings. The number of rotatable bonds is 3. The van der Waals surface area contributed by atoms with Crippen LogP contribution in [0.5, 0.6) is 0 Å². The van der Waals surface area contributed by atoms with E-state index in [0.29, 0.717) is 6.42 Å². The molecular weight excluding hydrogens is 176 g/mol. The summed E-state index contributed by atoms with van der Waals surface area (Å²) in [4.78, 5) is 10.8. The van der Waals surface area contributed by atoms with E-state index in [0.717, 1.165) is 0 Å². The summed E-state index contributed by atoms with van der Waals surface area (Å²) < 4.78 is 0. The molecular formula is C12H22O2. The first-order chi connectivity index (χ1) is 6.37. The fourth-order valence-corrected chi connectivity index (χ4v) is 2.60. The molecule has 0 aromatic rings. The molecule has 2 nitrogen and oxygen atoms in total. The maximum Gasteiger partial charge on any atom is 0.303 e. The zero-order chi connectivity index (χ0) is 10.8. The Morgan fingerprint density at radius 1 is 1.29 bits per heavy atom. The number of carbonyl (C=O) groups is 1. The molecule has 1 aliphatic rings. The van der Waals surface area contributed by atoms with Crippen molar-refractivity contribution in [1.82, 2.24) is 0 Å². The SMILES string of the molecule is CC(C)(CC(=O)O)C1(C)CCCCC1. The first-order valence-corrected chi connectivity index (χ1v) is 5.59. The highest BCUT2D eigenvalue weighted by molar-refractivity contribution is 5.67. The molecule has 0 radical (unpaired) electrons. The van der Waals surface area contributed by atoms with E-state index >= 15 is 0 Å². The molecule has 1 aliphatic carbocycles. The third-order valence-electron chi connectivity index (χ3n) is 4.18. The van der Waals surface area contributed by atoms with Crippen molar-refractivity contribution in [3.63, 3.8) is 0 Å². The second-order valence-corrected chi connectivity index (χ2v) is 5.58. The van der Waals surface area contributed by atoms with Gasteiger partial charge in [0, 0.05) is 0 Å². The predicted molar refractivity (Wildman–Crippen MR) is 57.2 cm³/mol. The zero-order valence-corrected chi connectivity index (χ0v) is 9.60. The third-order valence-corrected chi connectivity index (χ3v) is 4.18. The summed E-state index contributed by atoms with van der Waals surface area (Å²) in [5, 5.41) is 8.89. The van der Waals surface area contributed by atoms with Crippen molar-refractivity contribution in [3.05, 3.63) is 0 Å². The average molecular weight is 198 g/mol. The van der Waals surface area contributed by atoms with Crippen molar-refractivity contribution in [1.29, 1.82) is 0 Å². The minimum atomic E-state index is -0.665. The smallest absolute Gasteiger partial charge is 0.303 e. The summed E-state index contributed by atoms with van der Waals surface area (Å²) in [6, 6.07) is 0. The summed E-state index contributed by atoms with van der Waals surface area (Å²) >= 11 is 0. The number of hydrogen-bond donors (Lipinski definition) is 1. The molecule has 2 heteroatoms. The molecule has 0 aromatic heterocycles. The van der Waals surface area contributed by atoms with Crippen LogP contribution in [-0.2, 0) is 4.79 Å². The van der Waals surface area contributed by atoms with Crippen LogP contribution < -0.4 is 0 Å². The molecule has 0 amide bonds. The maximum absolute atomic E-state index is 10.8.